The molecule has 0 saturated heterocycles. The average molecular weight is 421 g/mol. The summed E-state index contributed by atoms with van der Waals surface area (Å²) in [6, 6.07) is 14.3. The van der Waals surface area contributed by atoms with Gasteiger partial charge in [0.05, 0.1) is 0 Å². The van der Waals surface area contributed by atoms with Crippen molar-refractivity contribution in [3.8, 4) is 0 Å². The van der Waals surface area contributed by atoms with E-state index in [0.717, 1.165) is 6.42 Å². The van der Waals surface area contributed by atoms with Gasteiger partial charge in [0.2, 0.25) is 0 Å². The molecule has 0 bridgehead atoms. The van der Waals surface area contributed by atoms with Gasteiger partial charge in [0.1, 0.15) is 0 Å². The molecular weight excluding hydrogens is 372 g/mol. The summed E-state index contributed by atoms with van der Waals surface area (Å²) in [6.45, 7) is 30.5. The van der Waals surface area contributed by atoms with Gasteiger partial charge < -0.3 is 0 Å². The fourth-order valence-electron chi connectivity index (χ4n) is 4.53. The Kier molecular flexibility index (Phi) is 6.98. The molecule has 0 aliphatic carbocycles. The zero-order valence-electron chi connectivity index (χ0n) is 22.7. The van der Waals surface area contributed by atoms with E-state index in [1.165, 1.54) is 27.8 Å². The SMILES string of the molecule is CC(Cc1cc(C(C)(C)C)cc(C(C)(C)C)c1C(C)(C)C)c1cccc(C(C)(C)C)c1. The number of rotatable bonds is 3. The van der Waals surface area contributed by atoms with Crippen molar-refractivity contribution in [2.24, 2.45) is 0 Å². The van der Waals surface area contributed by atoms with Gasteiger partial charge in [0.15, 0.2) is 0 Å². The Hall–Kier alpha value is -1.56. The summed E-state index contributed by atoms with van der Waals surface area (Å²) in [5, 5.41) is 0. The van der Waals surface area contributed by atoms with Crippen molar-refractivity contribution in [3.63, 3.8) is 0 Å². The molecule has 2 aromatic rings. The van der Waals surface area contributed by atoms with Crippen molar-refractivity contribution < 1.29 is 0 Å². The number of benzene rings is 2. The summed E-state index contributed by atoms with van der Waals surface area (Å²) in [6.07, 6.45) is 1.08. The molecule has 0 spiro atoms. The van der Waals surface area contributed by atoms with Crippen molar-refractivity contribution in [1.29, 1.82) is 0 Å². The Morgan fingerprint density at radius 1 is 0.613 bits per heavy atom. The maximum Gasteiger partial charge on any atom is -0.0126 e. The van der Waals surface area contributed by atoms with E-state index in [-0.39, 0.29) is 21.7 Å². The van der Waals surface area contributed by atoms with Crippen LogP contribution in [-0.4, -0.2) is 0 Å². The molecule has 0 radical (unpaired) electrons. The molecule has 1 unspecified atom stereocenters. The van der Waals surface area contributed by atoms with Crippen LogP contribution in [0, 0.1) is 0 Å². The van der Waals surface area contributed by atoms with Crippen molar-refractivity contribution in [2.45, 2.75) is 124 Å². The van der Waals surface area contributed by atoms with Crippen molar-refractivity contribution in [2.75, 3.05) is 0 Å². The zero-order chi connectivity index (χ0) is 24.0. The normalized spacial score (nSPS) is 14.6. The first kappa shape index (κ1) is 25.7. The van der Waals surface area contributed by atoms with Crippen LogP contribution in [0.3, 0.4) is 0 Å². The van der Waals surface area contributed by atoms with Crippen LogP contribution in [0.1, 0.15) is 129 Å². The smallest absolute Gasteiger partial charge is 0.0126 e. The summed E-state index contributed by atoms with van der Waals surface area (Å²) >= 11 is 0. The molecule has 2 aromatic carbocycles. The van der Waals surface area contributed by atoms with Gasteiger partial charge in [0.25, 0.3) is 0 Å². The van der Waals surface area contributed by atoms with Crippen LogP contribution in [0.2, 0.25) is 0 Å². The van der Waals surface area contributed by atoms with E-state index in [2.05, 4.69) is 126 Å². The average Bonchev–Trinajstić information content (AvgIpc) is 2.58. The van der Waals surface area contributed by atoms with E-state index < -0.39 is 0 Å². The van der Waals surface area contributed by atoms with Crippen LogP contribution in [0.4, 0.5) is 0 Å². The highest BCUT2D eigenvalue weighted by molar-refractivity contribution is 5.49. The lowest BCUT2D eigenvalue weighted by Gasteiger charge is -2.35. The largest absolute Gasteiger partial charge is 0.0617 e. The highest BCUT2D eigenvalue weighted by Crippen LogP contribution is 2.41. The quantitative estimate of drug-likeness (QED) is 0.464. The van der Waals surface area contributed by atoms with Crippen molar-refractivity contribution >= 4 is 0 Å². The lowest BCUT2D eigenvalue weighted by Crippen LogP contribution is -2.26. The summed E-state index contributed by atoms with van der Waals surface area (Å²) in [4.78, 5) is 0. The van der Waals surface area contributed by atoms with Crippen LogP contribution < -0.4 is 0 Å². The van der Waals surface area contributed by atoms with E-state index in [1.54, 1.807) is 5.56 Å². The van der Waals surface area contributed by atoms with Crippen LogP contribution in [0.25, 0.3) is 0 Å². The Bertz CT molecular complexity index is 899. The maximum absolute atomic E-state index is 2.51. The number of hydrogen-bond donors (Lipinski definition) is 0. The molecule has 2 rings (SSSR count). The summed E-state index contributed by atoms with van der Waals surface area (Å²) < 4.78 is 0. The zero-order valence-corrected chi connectivity index (χ0v) is 22.7. The van der Waals surface area contributed by atoms with Gasteiger partial charge in [-0.3, -0.25) is 0 Å². The summed E-state index contributed by atoms with van der Waals surface area (Å²) in [7, 11) is 0. The van der Waals surface area contributed by atoms with Gasteiger partial charge in [-0.2, -0.15) is 0 Å². The summed E-state index contributed by atoms with van der Waals surface area (Å²) in [5.74, 6) is 0.478. The molecule has 0 N–H and O–H groups in total. The minimum Gasteiger partial charge on any atom is -0.0617 e. The molecule has 0 amide bonds. The third kappa shape index (κ3) is 6.24. The second-order valence-electron chi connectivity index (χ2n) is 13.8. The molecular formula is C31H48. The molecule has 172 valence electrons. The Balaban J connectivity index is 2.67. The minimum atomic E-state index is 0.112. The van der Waals surface area contributed by atoms with E-state index in [0.29, 0.717) is 5.92 Å². The van der Waals surface area contributed by atoms with Gasteiger partial charge in [-0.25, -0.2) is 0 Å². The monoisotopic (exact) mass is 420 g/mol. The molecule has 1 atom stereocenters. The van der Waals surface area contributed by atoms with Gasteiger partial charge in [0, 0.05) is 0 Å². The van der Waals surface area contributed by atoms with E-state index in [1.807, 2.05) is 0 Å². The van der Waals surface area contributed by atoms with Crippen molar-refractivity contribution in [3.05, 3.63) is 69.8 Å². The van der Waals surface area contributed by atoms with Gasteiger partial charge >= 0.3 is 0 Å². The Morgan fingerprint density at radius 2 is 1.16 bits per heavy atom. The highest BCUT2D eigenvalue weighted by atomic mass is 14.4. The Morgan fingerprint density at radius 3 is 1.61 bits per heavy atom. The van der Waals surface area contributed by atoms with Gasteiger partial charge in [-0.15, -0.1) is 0 Å². The molecule has 0 saturated carbocycles. The molecule has 0 aromatic heterocycles. The maximum atomic E-state index is 2.51. The molecule has 0 aliphatic rings. The van der Waals surface area contributed by atoms with Gasteiger partial charge in [-0.05, 0) is 67.4 Å². The molecule has 0 heteroatoms. The first-order valence-corrected chi connectivity index (χ1v) is 12.1. The van der Waals surface area contributed by atoms with E-state index in [9.17, 15) is 0 Å². The third-order valence-electron chi connectivity index (χ3n) is 6.49. The second kappa shape index (κ2) is 8.42. The topological polar surface area (TPSA) is 0 Å². The third-order valence-corrected chi connectivity index (χ3v) is 6.49. The molecule has 0 fully saturated rings. The highest BCUT2D eigenvalue weighted by Gasteiger charge is 2.30. The van der Waals surface area contributed by atoms with E-state index >= 15 is 0 Å². The lowest BCUT2D eigenvalue weighted by atomic mass is 9.69. The second-order valence-corrected chi connectivity index (χ2v) is 13.8. The Labute approximate surface area is 193 Å². The fraction of sp³-hybridized carbons (Fsp3) is 0.613. The summed E-state index contributed by atoms with van der Waals surface area (Å²) in [5.41, 5.74) is 9.46. The molecule has 0 heterocycles. The first-order chi connectivity index (χ1) is 13.8. The predicted octanol–water partition coefficient (Wildman–Crippen LogP) is 9.22. The molecule has 0 nitrogen and oxygen atoms in total. The van der Waals surface area contributed by atoms with Gasteiger partial charge in [-0.1, -0.05) is 126 Å². The molecule has 31 heavy (non-hydrogen) atoms. The predicted molar refractivity (Wildman–Crippen MR) is 140 cm³/mol. The van der Waals surface area contributed by atoms with Crippen LogP contribution in [-0.2, 0) is 28.1 Å². The lowest BCUT2D eigenvalue weighted by molar-refractivity contribution is 0.514. The van der Waals surface area contributed by atoms with Crippen LogP contribution in [0.15, 0.2) is 36.4 Å². The number of hydrogen-bond acceptors (Lipinski definition) is 0. The van der Waals surface area contributed by atoms with Crippen LogP contribution >= 0.6 is 0 Å². The van der Waals surface area contributed by atoms with Crippen molar-refractivity contribution in [1.82, 2.24) is 0 Å². The fourth-order valence-corrected chi connectivity index (χ4v) is 4.53. The van der Waals surface area contributed by atoms with Crippen LogP contribution in [0.5, 0.6) is 0 Å². The van der Waals surface area contributed by atoms with E-state index in [4.69, 9.17) is 0 Å². The standard InChI is InChI=1S/C31H48/c1-21(22-15-14-16-24(18-22)28(2,3)4)17-23-19-25(29(5,6)7)20-26(30(8,9)10)27(23)31(11,12)13/h14-16,18-21H,17H2,1-13H3. The minimum absolute atomic E-state index is 0.112. The first-order valence-electron chi connectivity index (χ1n) is 12.1. The molecule has 0 aliphatic heterocycles.